The summed E-state index contributed by atoms with van der Waals surface area (Å²) in [6.45, 7) is 7.69. The van der Waals surface area contributed by atoms with Crippen molar-refractivity contribution in [2.45, 2.75) is 34.2 Å². The van der Waals surface area contributed by atoms with E-state index in [4.69, 9.17) is 15.3 Å². The molecule has 0 atom stereocenters. The van der Waals surface area contributed by atoms with Gasteiger partial charge < -0.3 is 4.74 Å². The first-order valence-corrected chi connectivity index (χ1v) is 6.58. The molecule has 5 heteroatoms. The third-order valence-corrected chi connectivity index (χ3v) is 3.37. The molecule has 0 radical (unpaired) electrons. The van der Waals surface area contributed by atoms with Gasteiger partial charge in [-0.1, -0.05) is 0 Å². The lowest BCUT2D eigenvalue weighted by Gasteiger charge is -2.10. The van der Waals surface area contributed by atoms with Gasteiger partial charge >= 0.3 is 0 Å². The SMILES string of the molecule is Cc1cc(Oc2c(C)nn(CC#N)c2C)cc(C)c1C#N. The molecule has 0 amide bonds. The van der Waals surface area contributed by atoms with Gasteiger partial charge in [-0.15, -0.1) is 0 Å². The first-order valence-electron chi connectivity index (χ1n) is 6.58. The Morgan fingerprint density at radius 3 is 2.29 bits per heavy atom. The number of rotatable bonds is 3. The molecule has 21 heavy (non-hydrogen) atoms. The van der Waals surface area contributed by atoms with Crippen molar-refractivity contribution in [1.29, 1.82) is 10.5 Å². The van der Waals surface area contributed by atoms with Crippen molar-refractivity contribution in [2.75, 3.05) is 0 Å². The highest BCUT2D eigenvalue weighted by Crippen LogP contribution is 2.30. The normalized spacial score (nSPS) is 10.0. The summed E-state index contributed by atoms with van der Waals surface area (Å²) >= 11 is 0. The molecule has 106 valence electrons. The van der Waals surface area contributed by atoms with E-state index in [1.165, 1.54) is 0 Å². The predicted octanol–water partition coefficient (Wildman–Crippen LogP) is 3.30. The molecule has 0 bridgehead atoms. The Labute approximate surface area is 124 Å². The fourth-order valence-corrected chi connectivity index (χ4v) is 2.33. The summed E-state index contributed by atoms with van der Waals surface area (Å²) in [6.07, 6.45) is 0. The van der Waals surface area contributed by atoms with Gasteiger partial charge in [0.1, 0.15) is 18.0 Å². The molecular weight excluding hydrogens is 264 g/mol. The van der Waals surface area contributed by atoms with Crippen LogP contribution in [0.15, 0.2) is 12.1 Å². The highest BCUT2D eigenvalue weighted by molar-refractivity contribution is 5.49. The lowest BCUT2D eigenvalue weighted by molar-refractivity contribution is 0.473. The van der Waals surface area contributed by atoms with Crippen LogP contribution in [0.2, 0.25) is 0 Å². The molecule has 5 nitrogen and oxygen atoms in total. The van der Waals surface area contributed by atoms with Gasteiger partial charge in [-0.2, -0.15) is 15.6 Å². The number of ether oxygens (including phenoxy) is 1. The van der Waals surface area contributed by atoms with Gasteiger partial charge in [-0.3, -0.25) is 4.68 Å². The quantitative estimate of drug-likeness (QED) is 0.864. The molecule has 0 aliphatic rings. The van der Waals surface area contributed by atoms with Crippen LogP contribution in [0, 0.1) is 50.4 Å². The molecule has 1 aromatic heterocycles. The fraction of sp³-hybridized carbons (Fsp3) is 0.312. The predicted molar refractivity (Wildman–Crippen MR) is 78.0 cm³/mol. The summed E-state index contributed by atoms with van der Waals surface area (Å²) in [7, 11) is 0. The van der Waals surface area contributed by atoms with E-state index in [-0.39, 0.29) is 6.54 Å². The molecule has 0 saturated carbocycles. The van der Waals surface area contributed by atoms with E-state index in [0.29, 0.717) is 17.1 Å². The molecule has 0 saturated heterocycles. The van der Waals surface area contributed by atoms with Gasteiger partial charge in [0.25, 0.3) is 0 Å². The van der Waals surface area contributed by atoms with Gasteiger partial charge in [0, 0.05) is 0 Å². The van der Waals surface area contributed by atoms with E-state index >= 15 is 0 Å². The number of aromatic nitrogens is 2. The Balaban J connectivity index is 2.40. The van der Waals surface area contributed by atoms with E-state index in [1.54, 1.807) is 4.68 Å². The zero-order chi connectivity index (χ0) is 15.6. The molecule has 1 heterocycles. The van der Waals surface area contributed by atoms with Gasteiger partial charge in [0.2, 0.25) is 0 Å². The monoisotopic (exact) mass is 280 g/mol. The van der Waals surface area contributed by atoms with Gasteiger partial charge in [-0.05, 0) is 51.0 Å². The summed E-state index contributed by atoms with van der Waals surface area (Å²) in [6, 6.07) is 7.94. The Kier molecular flexibility index (Phi) is 3.95. The molecule has 2 aromatic rings. The topological polar surface area (TPSA) is 74.6 Å². The van der Waals surface area contributed by atoms with E-state index in [2.05, 4.69) is 17.2 Å². The smallest absolute Gasteiger partial charge is 0.171 e. The number of hydrogen-bond acceptors (Lipinski definition) is 4. The van der Waals surface area contributed by atoms with Crippen molar-refractivity contribution in [3.8, 4) is 23.6 Å². The van der Waals surface area contributed by atoms with Crippen molar-refractivity contribution in [2.24, 2.45) is 0 Å². The Bertz CT molecular complexity index is 752. The maximum Gasteiger partial charge on any atom is 0.171 e. The highest BCUT2D eigenvalue weighted by Gasteiger charge is 2.14. The molecule has 0 fully saturated rings. The molecule has 0 spiro atoms. The second-order valence-electron chi connectivity index (χ2n) is 4.96. The van der Waals surface area contributed by atoms with Crippen LogP contribution < -0.4 is 4.74 Å². The van der Waals surface area contributed by atoms with Crippen LogP contribution in [0.4, 0.5) is 0 Å². The van der Waals surface area contributed by atoms with Crippen LogP contribution in [-0.2, 0) is 6.54 Å². The van der Waals surface area contributed by atoms with E-state index in [0.717, 1.165) is 22.5 Å². The van der Waals surface area contributed by atoms with Gasteiger partial charge in [0.05, 0.1) is 23.4 Å². The minimum atomic E-state index is 0.196. The van der Waals surface area contributed by atoms with Gasteiger partial charge in [-0.25, -0.2) is 0 Å². The average Bonchev–Trinajstić information content (AvgIpc) is 2.67. The number of aryl methyl sites for hydroxylation is 3. The van der Waals surface area contributed by atoms with Gasteiger partial charge in [0.15, 0.2) is 5.75 Å². The minimum Gasteiger partial charge on any atom is -0.453 e. The Morgan fingerprint density at radius 2 is 1.76 bits per heavy atom. The first kappa shape index (κ1) is 14.6. The molecule has 0 unspecified atom stereocenters. The van der Waals surface area contributed by atoms with E-state index < -0.39 is 0 Å². The number of hydrogen-bond donors (Lipinski definition) is 0. The van der Waals surface area contributed by atoms with Crippen molar-refractivity contribution in [1.82, 2.24) is 9.78 Å². The molecule has 0 aliphatic heterocycles. The lowest BCUT2D eigenvalue weighted by Crippen LogP contribution is -2.00. The molecule has 1 aromatic carbocycles. The van der Waals surface area contributed by atoms with Crippen molar-refractivity contribution >= 4 is 0 Å². The van der Waals surface area contributed by atoms with E-state index in [1.807, 2.05) is 39.8 Å². The minimum absolute atomic E-state index is 0.196. The van der Waals surface area contributed by atoms with Crippen LogP contribution in [0.3, 0.4) is 0 Å². The average molecular weight is 280 g/mol. The summed E-state index contributed by atoms with van der Waals surface area (Å²) in [4.78, 5) is 0. The Hall–Kier alpha value is -2.79. The summed E-state index contributed by atoms with van der Waals surface area (Å²) < 4.78 is 7.54. The first-order chi connectivity index (χ1) is 9.97. The van der Waals surface area contributed by atoms with Crippen LogP contribution in [0.5, 0.6) is 11.5 Å². The van der Waals surface area contributed by atoms with Crippen molar-refractivity contribution in [3.05, 3.63) is 40.2 Å². The molecular formula is C16H16N4O. The maximum absolute atomic E-state index is 9.10. The molecule has 0 aliphatic carbocycles. The number of benzene rings is 1. The fourth-order valence-electron chi connectivity index (χ4n) is 2.33. The molecule has 0 N–H and O–H groups in total. The summed E-state index contributed by atoms with van der Waals surface area (Å²) in [5.74, 6) is 1.33. The van der Waals surface area contributed by atoms with Crippen LogP contribution >= 0.6 is 0 Å². The van der Waals surface area contributed by atoms with Crippen LogP contribution in [0.25, 0.3) is 0 Å². The Morgan fingerprint density at radius 1 is 1.14 bits per heavy atom. The zero-order valence-electron chi connectivity index (χ0n) is 12.6. The molecule has 2 rings (SSSR count). The van der Waals surface area contributed by atoms with Crippen LogP contribution in [0.1, 0.15) is 28.1 Å². The highest BCUT2D eigenvalue weighted by atomic mass is 16.5. The second kappa shape index (κ2) is 5.68. The summed E-state index contributed by atoms with van der Waals surface area (Å²) in [5, 5.41) is 22.2. The zero-order valence-corrected chi connectivity index (χ0v) is 12.6. The number of nitriles is 2. The van der Waals surface area contributed by atoms with Crippen molar-refractivity contribution in [3.63, 3.8) is 0 Å². The third-order valence-electron chi connectivity index (χ3n) is 3.37. The standard InChI is InChI=1S/C16H16N4O/c1-10-7-14(8-11(2)15(10)9-18)21-16-12(3)19-20(6-5-17)13(16)4/h7-8H,6H2,1-4H3. The third kappa shape index (κ3) is 2.73. The second-order valence-corrected chi connectivity index (χ2v) is 4.96. The lowest BCUT2D eigenvalue weighted by atomic mass is 10.0. The summed E-state index contributed by atoms with van der Waals surface area (Å²) in [5.41, 5.74) is 3.99. The number of nitrogens with zero attached hydrogens (tertiary/aromatic N) is 4. The largest absolute Gasteiger partial charge is 0.453 e. The van der Waals surface area contributed by atoms with Crippen molar-refractivity contribution < 1.29 is 4.74 Å². The maximum atomic E-state index is 9.10. The van der Waals surface area contributed by atoms with Crippen LogP contribution in [-0.4, -0.2) is 9.78 Å². The van der Waals surface area contributed by atoms with E-state index in [9.17, 15) is 0 Å².